The summed E-state index contributed by atoms with van der Waals surface area (Å²) in [6.07, 6.45) is 0. The minimum Gasteiger partial charge on any atom is -0.482 e. The first-order chi connectivity index (χ1) is 9.15. The molecule has 1 amide bonds. The average molecular weight is 316 g/mol. The molecule has 0 N–H and O–H groups in total. The number of amides is 1. The van der Waals surface area contributed by atoms with Crippen LogP contribution in [0.1, 0.15) is 5.69 Å². The van der Waals surface area contributed by atoms with Gasteiger partial charge < -0.3 is 4.74 Å². The first kappa shape index (κ1) is 12.7. The molecular weight excluding hydrogens is 309 g/mol. The zero-order chi connectivity index (χ0) is 13.4. The number of rotatable bonds is 2. The first-order valence-corrected chi connectivity index (χ1v) is 6.87. The lowest BCUT2D eigenvalue weighted by Gasteiger charge is -2.28. The monoisotopic (exact) mass is 315 g/mol. The number of nitrogens with zero attached hydrogens (tertiary/aromatic N) is 3. The van der Waals surface area contributed by atoms with E-state index in [9.17, 15) is 4.79 Å². The quantitative estimate of drug-likeness (QED) is 0.855. The van der Waals surface area contributed by atoms with Gasteiger partial charge in [0.25, 0.3) is 5.91 Å². The summed E-state index contributed by atoms with van der Waals surface area (Å²) in [5.74, 6) is 0.446. The molecule has 2 heterocycles. The van der Waals surface area contributed by atoms with E-state index in [4.69, 9.17) is 27.9 Å². The van der Waals surface area contributed by atoms with Crippen LogP contribution in [0.2, 0.25) is 9.36 Å². The summed E-state index contributed by atoms with van der Waals surface area (Å²) in [7, 11) is 0. The van der Waals surface area contributed by atoms with Crippen molar-refractivity contribution in [2.45, 2.75) is 6.54 Å². The fraction of sp³-hybridized carbons (Fsp3) is 0.182. The van der Waals surface area contributed by atoms with E-state index in [1.54, 1.807) is 23.1 Å². The van der Waals surface area contributed by atoms with Gasteiger partial charge in [-0.1, -0.05) is 27.7 Å². The van der Waals surface area contributed by atoms with Crippen molar-refractivity contribution >= 4 is 46.3 Å². The Bertz CT molecular complexity index is 647. The van der Waals surface area contributed by atoms with Gasteiger partial charge in [-0.2, -0.15) is 0 Å². The van der Waals surface area contributed by atoms with Crippen LogP contribution < -0.4 is 9.64 Å². The number of aromatic nitrogens is 2. The van der Waals surface area contributed by atoms with Gasteiger partial charge in [-0.25, -0.2) is 0 Å². The predicted molar refractivity (Wildman–Crippen MR) is 73.1 cm³/mol. The van der Waals surface area contributed by atoms with Gasteiger partial charge in [-0.15, -0.1) is 5.10 Å². The van der Waals surface area contributed by atoms with Crippen molar-refractivity contribution in [3.8, 4) is 5.75 Å². The van der Waals surface area contributed by atoms with Crippen LogP contribution in [0, 0.1) is 0 Å². The fourth-order valence-corrected chi connectivity index (χ4v) is 2.57. The Labute approximate surface area is 122 Å². The third kappa shape index (κ3) is 2.39. The minimum atomic E-state index is -0.168. The van der Waals surface area contributed by atoms with Gasteiger partial charge in [0, 0.05) is 16.6 Å². The third-order valence-corrected chi connectivity index (χ3v) is 3.90. The molecule has 0 spiro atoms. The summed E-state index contributed by atoms with van der Waals surface area (Å²) in [5.41, 5.74) is 1.18. The predicted octanol–water partition coefficient (Wildman–Crippen LogP) is 2.77. The Hall–Kier alpha value is -1.37. The summed E-state index contributed by atoms with van der Waals surface area (Å²) >= 11 is 13.0. The molecule has 0 unspecified atom stereocenters. The summed E-state index contributed by atoms with van der Waals surface area (Å²) in [6, 6.07) is 5.13. The zero-order valence-electron chi connectivity index (χ0n) is 9.47. The summed E-state index contributed by atoms with van der Waals surface area (Å²) in [6.45, 7) is 0.245. The highest BCUT2D eigenvalue weighted by Gasteiger charge is 2.27. The Kier molecular flexibility index (Phi) is 3.30. The molecule has 0 bridgehead atoms. The number of ether oxygens (including phenoxy) is 1. The highest BCUT2D eigenvalue weighted by molar-refractivity contribution is 7.10. The van der Waals surface area contributed by atoms with E-state index in [2.05, 4.69) is 9.59 Å². The van der Waals surface area contributed by atoms with Crippen LogP contribution in [0.15, 0.2) is 18.2 Å². The zero-order valence-corrected chi connectivity index (χ0v) is 11.8. The normalized spacial score (nSPS) is 14.2. The van der Waals surface area contributed by atoms with Crippen LogP contribution >= 0.6 is 34.7 Å². The van der Waals surface area contributed by atoms with Crippen LogP contribution in [-0.2, 0) is 11.3 Å². The summed E-state index contributed by atoms with van der Waals surface area (Å²) < 4.78 is 9.58. The second-order valence-corrected chi connectivity index (χ2v) is 5.67. The lowest BCUT2D eigenvalue weighted by atomic mass is 10.2. The number of hydrogen-bond donors (Lipinski definition) is 0. The van der Waals surface area contributed by atoms with Crippen molar-refractivity contribution in [3.05, 3.63) is 33.3 Å². The number of fused-ring (bicyclic) bond motifs is 1. The minimum absolute atomic E-state index is 0.0101. The SMILES string of the molecule is O=C1COc2ccc(Cl)cc2N1Cc1nnsc1Cl. The van der Waals surface area contributed by atoms with E-state index in [0.29, 0.717) is 26.5 Å². The van der Waals surface area contributed by atoms with E-state index >= 15 is 0 Å². The van der Waals surface area contributed by atoms with Crippen LogP contribution in [0.5, 0.6) is 5.75 Å². The average Bonchev–Trinajstić information content (AvgIpc) is 2.79. The topological polar surface area (TPSA) is 55.3 Å². The lowest BCUT2D eigenvalue weighted by Crippen LogP contribution is -2.38. The lowest BCUT2D eigenvalue weighted by molar-refractivity contribution is -0.121. The van der Waals surface area contributed by atoms with Gasteiger partial charge in [0.1, 0.15) is 15.8 Å². The molecule has 3 rings (SSSR count). The molecule has 2 aromatic rings. The maximum absolute atomic E-state index is 12.0. The van der Waals surface area contributed by atoms with Crippen molar-refractivity contribution in [3.63, 3.8) is 0 Å². The van der Waals surface area contributed by atoms with Gasteiger partial charge in [0.2, 0.25) is 0 Å². The highest BCUT2D eigenvalue weighted by Crippen LogP contribution is 2.35. The van der Waals surface area contributed by atoms with E-state index in [1.165, 1.54) is 0 Å². The van der Waals surface area contributed by atoms with E-state index in [-0.39, 0.29) is 19.1 Å². The molecule has 8 heteroatoms. The van der Waals surface area contributed by atoms with Crippen molar-refractivity contribution in [2.75, 3.05) is 11.5 Å². The van der Waals surface area contributed by atoms with Crippen molar-refractivity contribution in [2.24, 2.45) is 0 Å². The number of halogens is 2. The summed E-state index contributed by atoms with van der Waals surface area (Å²) in [4.78, 5) is 13.5. The molecule has 0 saturated heterocycles. The van der Waals surface area contributed by atoms with Gasteiger partial charge >= 0.3 is 0 Å². The maximum Gasteiger partial charge on any atom is 0.265 e. The van der Waals surface area contributed by atoms with Gasteiger partial charge in [0.05, 0.1) is 12.2 Å². The number of hydrogen-bond acceptors (Lipinski definition) is 5. The number of carbonyl (C=O) groups excluding carboxylic acids is 1. The Morgan fingerprint density at radius 1 is 1.42 bits per heavy atom. The van der Waals surface area contributed by atoms with Gasteiger partial charge in [0.15, 0.2) is 6.61 Å². The van der Waals surface area contributed by atoms with Crippen molar-refractivity contribution in [1.29, 1.82) is 0 Å². The third-order valence-electron chi connectivity index (χ3n) is 2.68. The molecule has 5 nitrogen and oxygen atoms in total. The van der Waals surface area contributed by atoms with Crippen LogP contribution in [0.4, 0.5) is 5.69 Å². The number of anilines is 1. The maximum atomic E-state index is 12.0. The van der Waals surface area contributed by atoms with E-state index < -0.39 is 0 Å². The molecule has 19 heavy (non-hydrogen) atoms. The molecule has 0 atom stereocenters. The van der Waals surface area contributed by atoms with Crippen LogP contribution in [0.25, 0.3) is 0 Å². The van der Waals surface area contributed by atoms with Crippen LogP contribution in [0.3, 0.4) is 0 Å². The molecule has 98 valence electrons. The standard InChI is InChI=1S/C11H7Cl2N3O2S/c12-6-1-2-9-8(3-6)16(10(17)5-18-9)4-7-11(13)19-15-14-7/h1-3H,4-5H2. The molecule has 1 aromatic carbocycles. The molecule has 1 aliphatic rings. The molecule has 0 aliphatic carbocycles. The fourth-order valence-electron chi connectivity index (χ4n) is 1.79. The van der Waals surface area contributed by atoms with Gasteiger partial charge in [-0.3, -0.25) is 9.69 Å². The second-order valence-electron chi connectivity index (χ2n) is 3.87. The molecule has 0 fully saturated rings. The van der Waals surface area contributed by atoms with Gasteiger partial charge in [-0.05, 0) is 18.2 Å². The second kappa shape index (κ2) is 4.96. The smallest absolute Gasteiger partial charge is 0.265 e. The first-order valence-electron chi connectivity index (χ1n) is 5.34. The Morgan fingerprint density at radius 3 is 3.00 bits per heavy atom. The number of carbonyl (C=O) groups is 1. The molecule has 0 radical (unpaired) electrons. The number of benzene rings is 1. The largest absolute Gasteiger partial charge is 0.482 e. The molecule has 1 aromatic heterocycles. The molecule has 1 aliphatic heterocycles. The Balaban J connectivity index is 1.99. The molecule has 0 saturated carbocycles. The van der Waals surface area contributed by atoms with Crippen molar-refractivity contribution < 1.29 is 9.53 Å². The van der Waals surface area contributed by atoms with Crippen molar-refractivity contribution in [1.82, 2.24) is 9.59 Å². The van der Waals surface area contributed by atoms with E-state index in [1.807, 2.05) is 0 Å². The molecular formula is C11H7Cl2N3O2S. The highest BCUT2D eigenvalue weighted by atomic mass is 35.5. The summed E-state index contributed by atoms with van der Waals surface area (Å²) in [5, 5.41) is 4.44. The van der Waals surface area contributed by atoms with E-state index in [0.717, 1.165) is 11.5 Å². The Morgan fingerprint density at radius 2 is 2.26 bits per heavy atom. The van der Waals surface area contributed by atoms with Crippen LogP contribution in [-0.4, -0.2) is 22.1 Å².